The molecule has 3 aromatic carbocycles. The van der Waals surface area contributed by atoms with Gasteiger partial charge in [-0.3, -0.25) is 4.79 Å². The Balaban J connectivity index is 1.76. The third-order valence-electron chi connectivity index (χ3n) is 4.38. The lowest BCUT2D eigenvalue weighted by Crippen LogP contribution is -2.27. The highest BCUT2D eigenvalue weighted by atomic mass is 19.3. The second kappa shape index (κ2) is 10.2. The summed E-state index contributed by atoms with van der Waals surface area (Å²) in [5.74, 6) is -0.203. The summed E-state index contributed by atoms with van der Waals surface area (Å²) >= 11 is 0. The lowest BCUT2D eigenvalue weighted by molar-refractivity contribution is -0.116. The number of carbonyl (C=O) groups excluding carboxylic acids is 1. The highest BCUT2D eigenvalue weighted by Crippen LogP contribution is 2.30. The third kappa shape index (κ3) is 5.67. The fraction of sp³-hybridized carbons (Fsp3) is 0.125. The minimum atomic E-state index is -2.95. The number of rotatable bonds is 8. The lowest BCUT2D eigenvalue weighted by Gasteiger charge is -2.19. The van der Waals surface area contributed by atoms with Crippen molar-refractivity contribution < 1.29 is 23.0 Å². The molecule has 30 heavy (non-hydrogen) atoms. The molecule has 0 atom stereocenters. The van der Waals surface area contributed by atoms with Crippen LogP contribution in [0.1, 0.15) is 22.7 Å². The van der Waals surface area contributed by atoms with Gasteiger partial charge < -0.3 is 14.8 Å². The van der Waals surface area contributed by atoms with Gasteiger partial charge in [0.25, 0.3) is 0 Å². The molecule has 4 nitrogen and oxygen atoms in total. The van der Waals surface area contributed by atoms with Gasteiger partial charge >= 0.3 is 6.61 Å². The molecule has 0 unspecified atom stereocenters. The fourth-order valence-electron chi connectivity index (χ4n) is 2.99. The van der Waals surface area contributed by atoms with Crippen LogP contribution in [0.2, 0.25) is 0 Å². The van der Waals surface area contributed by atoms with Gasteiger partial charge in [-0.05, 0) is 34.9 Å². The van der Waals surface area contributed by atoms with Crippen molar-refractivity contribution in [2.75, 3.05) is 7.11 Å². The van der Waals surface area contributed by atoms with Crippen molar-refractivity contribution in [1.82, 2.24) is 5.32 Å². The van der Waals surface area contributed by atoms with E-state index in [9.17, 15) is 13.6 Å². The van der Waals surface area contributed by atoms with Crippen molar-refractivity contribution in [3.05, 3.63) is 102 Å². The summed E-state index contributed by atoms with van der Waals surface area (Å²) in [4.78, 5) is 12.6. The van der Waals surface area contributed by atoms with Crippen LogP contribution in [-0.2, 0) is 4.79 Å². The van der Waals surface area contributed by atoms with Gasteiger partial charge in [0.05, 0.1) is 13.2 Å². The van der Waals surface area contributed by atoms with Gasteiger partial charge in [-0.25, -0.2) is 0 Å². The third-order valence-corrected chi connectivity index (χ3v) is 4.38. The van der Waals surface area contributed by atoms with E-state index in [1.165, 1.54) is 25.3 Å². The first-order valence-electron chi connectivity index (χ1n) is 9.28. The number of benzene rings is 3. The maximum Gasteiger partial charge on any atom is 0.387 e. The van der Waals surface area contributed by atoms with Gasteiger partial charge in [0.2, 0.25) is 5.91 Å². The molecule has 0 heterocycles. The molecule has 0 aliphatic heterocycles. The minimum absolute atomic E-state index is 0.0673. The van der Waals surface area contributed by atoms with Crippen LogP contribution in [0.15, 0.2) is 84.9 Å². The van der Waals surface area contributed by atoms with Crippen molar-refractivity contribution in [3.63, 3.8) is 0 Å². The number of hydrogen-bond donors (Lipinski definition) is 1. The molecule has 0 aliphatic carbocycles. The molecule has 0 spiro atoms. The molecule has 0 saturated carbocycles. The fourth-order valence-corrected chi connectivity index (χ4v) is 2.99. The van der Waals surface area contributed by atoms with Gasteiger partial charge in [-0.15, -0.1) is 0 Å². The number of methoxy groups -OCH3 is 1. The van der Waals surface area contributed by atoms with E-state index in [4.69, 9.17) is 4.74 Å². The van der Waals surface area contributed by atoms with Crippen molar-refractivity contribution >= 4 is 12.0 Å². The molecule has 0 fully saturated rings. The predicted octanol–water partition coefficient (Wildman–Crippen LogP) is 5.22. The molecule has 154 valence electrons. The summed E-state index contributed by atoms with van der Waals surface area (Å²) < 4.78 is 34.4. The molecule has 1 amide bonds. The number of hydrogen-bond acceptors (Lipinski definition) is 3. The van der Waals surface area contributed by atoms with E-state index in [0.29, 0.717) is 5.56 Å². The SMILES string of the molecule is COc1cc(C=CC(=O)NC(c2ccccc2)c2ccccc2)ccc1OC(F)F. The Morgan fingerprint density at radius 1 is 0.900 bits per heavy atom. The Bertz CT molecular complexity index is 952. The van der Waals surface area contributed by atoms with Crippen LogP contribution in [0.4, 0.5) is 8.78 Å². The smallest absolute Gasteiger partial charge is 0.387 e. The zero-order valence-corrected chi connectivity index (χ0v) is 16.3. The largest absolute Gasteiger partial charge is 0.493 e. The second-order valence-corrected chi connectivity index (χ2v) is 6.39. The van der Waals surface area contributed by atoms with Crippen LogP contribution in [0.5, 0.6) is 11.5 Å². The van der Waals surface area contributed by atoms with Crippen LogP contribution < -0.4 is 14.8 Å². The molecular formula is C24H21F2NO3. The van der Waals surface area contributed by atoms with E-state index < -0.39 is 6.61 Å². The molecule has 3 aromatic rings. The molecule has 0 aliphatic rings. The Hall–Kier alpha value is -3.67. The summed E-state index contributed by atoms with van der Waals surface area (Å²) in [6, 6.07) is 23.5. The zero-order valence-electron chi connectivity index (χ0n) is 16.3. The standard InChI is InChI=1S/C24H21F2NO3/c1-29-21-16-17(12-14-20(21)30-24(25)26)13-15-22(28)27-23(18-8-4-2-5-9-18)19-10-6-3-7-11-19/h2-16,23-24H,1H3,(H,27,28). The van der Waals surface area contributed by atoms with E-state index in [2.05, 4.69) is 10.1 Å². The summed E-state index contributed by atoms with van der Waals surface area (Å²) in [6.45, 7) is -2.95. The molecule has 0 aromatic heterocycles. The Labute approximate surface area is 173 Å². The summed E-state index contributed by atoms with van der Waals surface area (Å²) in [5, 5.41) is 3.01. The average Bonchev–Trinajstić information content (AvgIpc) is 2.77. The zero-order chi connectivity index (χ0) is 21.3. The Kier molecular flexibility index (Phi) is 7.16. The van der Waals surface area contributed by atoms with Crippen molar-refractivity contribution in [2.24, 2.45) is 0 Å². The highest BCUT2D eigenvalue weighted by molar-refractivity contribution is 5.92. The number of carbonyl (C=O) groups is 1. The predicted molar refractivity (Wildman–Crippen MR) is 112 cm³/mol. The Morgan fingerprint density at radius 2 is 1.50 bits per heavy atom. The molecule has 1 N–H and O–H groups in total. The summed E-state index contributed by atoms with van der Waals surface area (Å²) in [7, 11) is 1.36. The first-order chi connectivity index (χ1) is 14.6. The summed E-state index contributed by atoms with van der Waals surface area (Å²) in [5.41, 5.74) is 2.53. The van der Waals surface area contributed by atoms with E-state index in [-0.39, 0.29) is 23.4 Å². The van der Waals surface area contributed by atoms with E-state index >= 15 is 0 Å². The van der Waals surface area contributed by atoms with Gasteiger partial charge in [0.1, 0.15) is 0 Å². The van der Waals surface area contributed by atoms with E-state index in [1.807, 2.05) is 60.7 Å². The normalized spacial score (nSPS) is 11.1. The molecular weight excluding hydrogens is 388 g/mol. The van der Waals surface area contributed by atoms with Gasteiger partial charge in [-0.2, -0.15) is 8.78 Å². The highest BCUT2D eigenvalue weighted by Gasteiger charge is 2.15. The van der Waals surface area contributed by atoms with Crippen LogP contribution in [0.3, 0.4) is 0 Å². The topological polar surface area (TPSA) is 47.6 Å². The van der Waals surface area contributed by atoms with Gasteiger partial charge in [0.15, 0.2) is 11.5 Å². The maximum atomic E-state index is 12.6. The number of ether oxygens (including phenoxy) is 2. The Morgan fingerprint density at radius 3 is 2.03 bits per heavy atom. The van der Waals surface area contributed by atoms with Crippen LogP contribution in [0.25, 0.3) is 6.08 Å². The average molecular weight is 409 g/mol. The van der Waals surface area contributed by atoms with Crippen LogP contribution in [0, 0.1) is 0 Å². The number of halogens is 2. The van der Waals surface area contributed by atoms with E-state index in [1.54, 1.807) is 12.1 Å². The van der Waals surface area contributed by atoms with E-state index in [0.717, 1.165) is 11.1 Å². The summed E-state index contributed by atoms with van der Waals surface area (Å²) in [6.07, 6.45) is 2.97. The molecule has 6 heteroatoms. The first kappa shape index (κ1) is 21.0. The van der Waals surface area contributed by atoms with Gasteiger partial charge in [0, 0.05) is 6.08 Å². The molecule has 0 saturated heterocycles. The van der Waals surface area contributed by atoms with Crippen molar-refractivity contribution in [3.8, 4) is 11.5 Å². The monoisotopic (exact) mass is 409 g/mol. The molecule has 0 radical (unpaired) electrons. The van der Waals surface area contributed by atoms with Crippen molar-refractivity contribution in [1.29, 1.82) is 0 Å². The maximum absolute atomic E-state index is 12.6. The van der Waals surface area contributed by atoms with Gasteiger partial charge in [-0.1, -0.05) is 66.7 Å². The number of amides is 1. The minimum Gasteiger partial charge on any atom is -0.493 e. The number of alkyl halides is 2. The second-order valence-electron chi connectivity index (χ2n) is 6.39. The van der Waals surface area contributed by atoms with Crippen LogP contribution in [-0.4, -0.2) is 19.6 Å². The van der Waals surface area contributed by atoms with Crippen molar-refractivity contribution in [2.45, 2.75) is 12.7 Å². The number of nitrogens with one attached hydrogen (secondary N) is 1. The first-order valence-corrected chi connectivity index (χ1v) is 9.28. The molecule has 3 rings (SSSR count). The lowest BCUT2D eigenvalue weighted by atomic mass is 9.98. The van der Waals surface area contributed by atoms with Crippen LogP contribution >= 0.6 is 0 Å². The molecule has 0 bridgehead atoms. The quantitative estimate of drug-likeness (QED) is 0.519.